The second-order valence-electron chi connectivity index (χ2n) is 6.59. The maximum Gasteiger partial charge on any atom is 0.295 e. The molecule has 2 heterocycles. The SMILES string of the molecule is O=C(c1noc(-c2cc(F)c(F)c(O)c2F)n1)N1CC[C@H](c2ccc(Cl)cc2)C1. The largest absolute Gasteiger partial charge is 0.503 e. The number of aromatic nitrogens is 2. The average Bonchev–Trinajstić information content (AvgIpc) is 3.39. The van der Waals surface area contributed by atoms with Crippen LogP contribution >= 0.6 is 11.6 Å². The Balaban J connectivity index is 1.53. The Bertz CT molecular complexity index is 1090. The van der Waals surface area contributed by atoms with E-state index in [0.717, 1.165) is 12.0 Å². The number of nitrogens with zero attached hydrogens (tertiary/aromatic N) is 3. The molecule has 1 aromatic heterocycles. The Labute approximate surface area is 167 Å². The van der Waals surface area contributed by atoms with Gasteiger partial charge in [0, 0.05) is 24.0 Å². The standard InChI is InChI=1S/C19H13ClF3N3O3/c20-11-3-1-9(2-4-11)10-5-6-26(8-10)19(28)17-24-18(29-25-17)12-7-13(21)15(23)16(27)14(12)22/h1-4,7,10,27H,5-6,8H2/t10-/m0/s1. The maximum atomic E-state index is 14.0. The molecule has 2 aromatic carbocycles. The van der Waals surface area contributed by atoms with Crippen molar-refractivity contribution in [3.63, 3.8) is 0 Å². The fourth-order valence-electron chi connectivity index (χ4n) is 3.26. The van der Waals surface area contributed by atoms with Gasteiger partial charge in [-0.15, -0.1) is 0 Å². The van der Waals surface area contributed by atoms with Crippen molar-refractivity contribution in [1.82, 2.24) is 15.0 Å². The van der Waals surface area contributed by atoms with Gasteiger partial charge in [-0.05, 0) is 30.2 Å². The number of carbonyl (C=O) groups is 1. The third-order valence-corrected chi connectivity index (χ3v) is 5.05. The predicted octanol–water partition coefficient (Wildman–Crippen LogP) is 4.14. The first kappa shape index (κ1) is 19.3. The molecule has 29 heavy (non-hydrogen) atoms. The van der Waals surface area contributed by atoms with Crippen molar-refractivity contribution in [3.05, 3.63) is 64.2 Å². The number of hydrogen-bond donors (Lipinski definition) is 1. The van der Waals surface area contributed by atoms with Gasteiger partial charge >= 0.3 is 0 Å². The number of aromatic hydroxyl groups is 1. The van der Waals surface area contributed by atoms with E-state index in [0.29, 0.717) is 24.2 Å². The minimum Gasteiger partial charge on any atom is -0.503 e. The number of halogens is 4. The summed E-state index contributed by atoms with van der Waals surface area (Å²) in [6.07, 6.45) is 0.726. The van der Waals surface area contributed by atoms with Crippen LogP contribution in [0.4, 0.5) is 13.2 Å². The Morgan fingerprint density at radius 2 is 1.93 bits per heavy atom. The molecule has 10 heteroatoms. The van der Waals surface area contributed by atoms with Crippen molar-refractivity contribution in [3.8, 4) is 17.2 Å². The van der Waals surface area contributed by atoms with Gasteiger partial charge in [0.05, 0.1) is 5.56 Å². The number of phenolic OH excluding ortho intramolecular Hbond substituents is 1. The molecular weight excluding hydrogens is 411 g/mol. The summed E-state index contributed by atoms with van der Waals surface area (Å²) in [6.45, 7) is 0.876. The lowest BCUT2D eigenvalue weighted by molar-refractivity contribution is 0.0775. The molecule has 6 nitrogen and oxygen atoms in total. The number of phenols is 1. The summed E-state index contributed by atoms with van der Waals surface area (Å²) >= 11 is 5.89. The van der Waals surface area contributed by atoms with E-state index in [1.807, 2.05) is 12.1 Å². The highest BCUT2D eigenvalue weighted by atomic mass is 35.5. The minimum atomic E-state index is -1.73. The van der Waals surface area contributed by atoms with Gasteiger partial charge in [0.15, 0.2) is 17.4 Å². The van der Waals surface area contributed by atoms with Gasteiger partial charge in [0.1, 0.15) is 0 Å². The molecule has 1 saturated heterocycles. The van der Waals surface area contributed by atoms with E-state index < -0.39 is 40.6 Å². The van der Waals surface area contributed by atoms with Crippen LogP contribution in [-0.4, -0.2) is 39.1 Å². The van der Waals surface area contributed by atoms with Gasteiger partial charge in [-0.2, -0.15) is 9.37 Å². The second kappa shape index (κ2) is 7.40. The first-order valence-electron chi connectivity index (χ1n) is 8.60. The van der Waals surface area contributed by atoms with Crippen LogP contribution < -0.4 is 0 Å². The minimum absolute atomic E-state index is 0.114. The highest BCUT2D eigenvalue weighted by Crippen LogP contribution is 2.32. The third kappa shape index (κ3) is 3.53. The van der Waals surface area contributed by atoms with Gasteiger partial charge in [-0.25, -0.2) is 8.78 Å². The zero-order chi connectivity index (χ0) is 20.7. The molecule has 0 aliphatic carbocycles. The zero-order valence-corrected chi connectivity index (χ0v) is 15.5. The van der Waals surface area contributed by atoms with Crippen LogP contribution in [0.15, 0.2) is 34.9 Å². The van der Waals surface area contributed by atoms with Crippen molar-refractivity contribution < 1.29 is 27.6 Å². The molecule has 0 unspecified atom stereocenters. The highest BCUT2D eigenvalue weighted by molar-refractivity contribution is 6.30. The lowest BCUT2D eigenvalue weighted by Gasteiger charge is -2.14. The number of carbonyl (C=O) groups excluding carboxylic acids is 1. The highest BCUT2D eigenvalue weighted by Gasteiger charge is 2.31. The maximum absolute atomic E-state index is 14.0. The molecule has 150 valence electrons. The van der Waals surface area contributed by atoms with E-state index >= 15 is 0 Å². The summed E-state index contributed by atoms with van der Waals surface area (Å²) < 4.78 is 45.5. The van der Waals surface area contributed by atoms with Crippen LogP contribution in [0.25, 0.3) is 11.5 Å². The molecule has 4 rings (SSSR count). The Hall–Kier alpha value is -3.07. The lowest BCUT2D eigenvalue weighted by Crippen LogP contribution is -2.29. The summed E-state index contributed by atoms with van der Waals surface area (Å²) in [5.74, 6) is -7.50. The van der Waals surface area contributed by atoms with E-state index in [9.17, 15) is 23.1 Å². The van der Waals surface area contributed by atoms with Gasteiger partial charge in [-0.3, -0.25) is 4.79 Å². The van der Waals surface area contributed by atoms with Crippen LogP contribution in [0, 0.1) is 17.5 Å². The number of benzene rings is 2. The lowest BCUT2D eigenvalue weighted by atomic mass is 9.99. The molecule has 0 saturated carbocycles. The van der Waals surface area contributed by atoms with Gasteiger partial charge in [0.2, 0.25) is 5.82 Å². The molecular formula is C19H13ClF3N3O3. The van der Waals surface area contributed by atoms with Crippen LogP contribution in [-0.2, 0) is 0 Å². The van der Waals surface area contributed by atoms with E-state index in [4.69, 9.17) is 16.1 Å². The van der Waals surface area contributed by atoms with Crippen LogP contribution in [0.5, 0.6) is 5.75 Å². The number of rotatable bonds is 3. The van der Waals surface area contributed by atoms with Crippen molar-refractivity contribution in [2.45, 2.75) is 12.3 Å². The molecule has 3 aromatic rings. The number of likely N-dealkylation sites (tertiary alicyclic amines) is 1. The summed E-state index contributed by atoms with van der Waals surface area (Å²) in [5.41, 5.74) is 0.395. The topological polar surface area (TPSA) is 79.5 Å². The molecule has 1 aliphatic heterocycles. The first-order valence-corrected chi connectivity index (χ1v) is 8.98. The molecule has 1 atom stereocenters. The fourth-order valence-corrected chi connectivity index (χ4v) is 3.39. The third-order valence-electron chi connectivity index (χ3n) is 4.80. The van der Waals surface area contributed by atoms with Crippen molar-refractivity contribution >= 4 is 17.5 Å². The summed E-state index contributed by atoms with van der Waals surface area (Å²) in [5, 5.41) is 13.4. The van der Waals surface area contributed by atoms with Crippen molar-refractivity contribution in [1.29, 1.82) is 0 Å². The van der Waals surface area contributed by atoms with Crippen LogP contribution in [0.3, 0.4) is 0 Å². The quantitative estimate of drug-likeness (QED) is 0.640. The fraction of sp³-hybridized carbons (Fsp3) is 0.211. The Kier molecular flexibility index (Phi) is 4.91. The van der Waals surface area contributed by atoms with E-state index in [-0.39, 0.29) is 11.7 Å². The molecule has 1 fully saturated rings. The van der Waals surface area contributed by atoms with Crippen molar-refractivity contribution in [2.24, 2.45) is 0 Å². The average molecular weight is 424 g/mol. The monoisotopic (exact) mass is 423 g/mol. The molecule has 0 radical (unpaired) electrons. The summed E-state index contributed by atoms with van der Waals surface area (Å²) in [7, 11) is 0. The van der Waals surface area contributed by atoms with Gasteiger partial charge < -0.3 is 14.5 Å². The van der Waals surface area contributed by atoms with E-state index in [2.05, 4.69) is 10.1 Å². The molecule has 1 N–H and O–H groups in total. The first-order chi connectivity index (χ1) is 13.8. The molecule has 1 amide bonds. The zero-order valence-electron chi connectivity index (χ0n) is 14.7. The number of hydrogen-bond acceptors (Lipinski definition) is 5. The molecule has 1 aliphatic rings. The Morgan fingerprint density at radius 3 is 2.66 bits per heavy atom. The van der Waals surface area contributed by atoms with Gasteiger partial charge in [-0.1, -0.05) is 28.9 Å². The normalized spacial score (nSPS) is 16.4. The van der Waals surface area contributed by atoms with Crippen molar-refractivity contribution in [2.75, 3.05) is 13.1 Å². The van der Waals surface area contributed by atoms with Crippen LogP contribution in [0.2, 0.25) is 5.02 Å². The Morgan fingerprint density at radius 1 is 1.21 bits per heavy atom. The molecule has 0 spiro atoms. The number of amides is 1. The summed E-state index contributed by atoms with van der Waals surface area (Å²) in [4.78, 5) is 17.9. The van der Waals surface area contributed by atoms with E-state index in [1.165, 1.54) is 4.90 Å². The second-order valence-corrected chi connectivity index (χ2v) is 7.03. The van der Waals surface area contributed by atoms with Crippen LogP contribution in [0.1, 0.15) is 28.5 Å². The smallest absolute Gasteiger partial charge is 0.295 e. The molecule has 0 bridgehead atoms. The van der Waals surface area contributed by atoms with Gasteiger partial charge in [0.25, 0.3) is 17.6 Å². The summed E-state index contributed by atoms with van der Waals surface area (Å²) in [6, 6.07) is 7.81. The van der Waals surface area contributed by atoms with E-state index in [1.54, 1.807) is 12.1 Å². The predicted molar refractivity (Wildman–Crippen MR) is 96.0 cm³/mol.